The smallest absolute Gasteiger partial charge is 0.311 e. The lowest BCUT2D eigenvalue weighted by atomic mass is 10.1. The first-order valence-electron chi connectivity index (χ1n) is 8.61. The van der Waals surface area contributed by atoms with Crippen molar-refractivity contribution in [2.75, 3.05) is 23.4 Å². The van der Waals surface area contributed by atoms with Gasteiger partial charge in [-0.15, -0.1) is 0 Å². The number of hydrogen-bond donors (Lipinski definition) is 1. The maximum absolute atomic E-state index is 12.2. The Morgan fingerprint density at radius 3 is 2.55 bits per heavy atom. The summed E-state index contributed by atoms with van der Waals surface area (Å²) in [6, 6.07) is 12.1. The van der Waals surface area contributed by atoms with Crippen LogP contribution in [0.25, 0.3) is 0 Å². The number of ether oxygens (including phenoxy) is 1. The molecule has 2 aromatic rings. The Morgan fingerprint density at radius 2 is 1.90 bits per heavy atom. The molecule has 1 aliphatic rings. The average molecular weight is 418 g/mol. The van der Waals surface area contributed by atoms with E-state index in [-0.39, 0.29) is 24.6 Å². The fourth-order valence-electron chi connectivity index (χ4n) is 2.87. The summed E-state index contributed by atoms with van der Waals surface area (Å²) in [5.41, 5.74) is 0.754. The molecular formula is C19H16ClN3O6. The summed E-state index contributed by atoms with van der Waals surface area (Å²) in [7, 11) is 0. The SMILES string of the molecule is O=C(COC(=O)[C@@H]1CC(=O)N(c2ccc([N+](=O)[O-])cc2)C1)Nc1ccccc1Cl. The molecule has 1 aliphatic heterocycles. The maximum Gasteiger partial charge on any atom is 0.311 e. The van der Waals surface area contributed by atoms with Crippen LogP contribution < -0.4 is 10.2 Å². The van der Waals surface area contributed by atoms with E-state index >= 15 is 0 Å². The van der Waals surface area contributed by atoms with Gasteiger partial charge in [-0.25, -0.2) is 0 Å². The Balaban J connectivity index is 1.54. The summed E-state index contributed by atoms with van der Waals surface area (Å²) >= 11 is 5.95. The van der Waals surface area contributed by atoms with Crippen molar-refractivity contribution in [3.8, 4) is 0 Å². The van der Waals surface area contributed by atoms with Crippen molar-refractivity contribution in [3.05, 3.63) is 63.7 Å². The van der Waals surface area contributed by atoms with Gasteiger partial charge in [0.25, 0.3) is 11.6 Å². The zero-order valence-corrected chi connectivity index (χ0v) is 15.8. The van der Waals surface area contributed by atoms with Crippen molar-refractivity contribution in [3.63, 3.8) is 0 Å². The number of nitrogens with zero attached hydrogens (tertiary/aromatic N) is 2. The highest BCUT2D eigenvalue weighted by atomic mass is 35.5. The van der Waals surface area contributed by atoms with E-state index in [9.17, 15) is 24.5 Å². The van der Waals surface area contributed by atoms with Crippen LogP contribution in [-0.4, -0.2) is 35.9 Å². The Labute approximate surface area is 170 Å². The van der Waals surface area contributed by atoms with E-state index in [4.69, 9.17) is 16.3 Å². The molecule has 0 spiro atoms. The van der Waals surface area contributed by atoms with Gasteiger partial charge in [-0.1, -0.05) is 23.7 Å². The van der Waals surface area contributed by atoms with Gasteiger partial charge in [-0.3, -0.25) is 24.5 Å². The molecule has 0 bridgehead atoms. The third-order valence-electron chi connectivity index (χ3n) is 4.32. The van der Waals surface area contributed by atoms with E-state index in [1.54, 1.807) is 24.3 Å². The number of halogens is 1. The Bertz CT molecular complexity index is 963. The second kappa shape index (κ2) is 8.70. The van der Waals surface area contributed by atoms with Crippen molar-refractivity contribution in [2.45, 2.75) is 6.42 Å². The summed E-state index contributed by atoms with van der Waals surface area (Å²) in [4.78, 5) is 47.9. The number of rotatable bonds is 6. The minimum absolute atomic E-state index is 0.0675. The van der Waals surface area contributed by atoms with Crippen LogP contribution in [0.1, 0.15) is 6.42 Å². The standard InChI is InChI=1S/C19H16ClN3O6/c20-15-3-1-2-4-16(15)21-17(24)11-29-19(26)12-9-18(25)22(10-12)13-5-7-14(8-6-13)23(27)28/h1-8,12H,9-11H2,(H,21,24)/t12-/m1/s1. The zero-order chi connectivity index (χ0) is 21.0. The number of nitro benzene ring substituents is 1. The van der Waals surface area contributed by atoms with Crippen molar-refractivity contribution in [1.29, 1.82) is 0 Å². The normalized spacial score (nSPS) is 15.8. The molecular weight excluding hydrogens is 402 g/mol. The largest absolute Gasteiger partial charge is 0.455 e. The lowest BCUT2D eigenvalue weighted by molar-refractivity contribution is -0.384. The van der Waals surface area contributed by atoms with Gasteiger partial charge in [-0.2, -0.15) is 0 Å². The molecule has 1 fully saturated rings. The molecule has 0 aliphatic carbocycles. The number of benzene rings is 2. The maximum atomic E-state index is 12.2. The highest BCUT2D eigenvalue weighted by molar-refractivity contribution is 6.33. The van der Waals surface area contributed by atoms with E-state index in [0.717, 1.165) is 0 Å². The molecule has 1 saturated heterocycles. The van der Waals surface area contributed by atoms with E-state index in [2.05, 4.69) is 5.32 Å². The second-order valence-corrected chi connectivity index (χ2v) is 6.72. The summed E-state index contributed by atoms with van der Waals surface area (Å²) < 4.78 is 5.02. The van der Waals surface area contributed by atoms with Crippen molar-refractivity contribution < 1.29 is 24.0 Å². The topological polar surface area (TPSA) is 119 Å². The molecule has 10 heteroatoms. The van der Waals surface area contributed by atoms with Crippen LogP contribution in [0.2, 0.25) is 5.02 Å². The number of nitro groups is 1. The third kappa shape index (κ3) is 4.88. The van der Waals surface area contributed by atoms with Crippen LogP contribution in [0, 0.1) is 16.0 Å². The van der Waals surface area contributed by atoms with E-state index < -0.39 is 29.3 Å². The number of anilines is 2. The van der Waals surface area contributed by atoms with E-state index in [1.807, 2.05) is 0 Å². The highest BCUT2D eigenvalue weighted by Crippen LogP contribution is 2.27. The van der Waals surface area contributed by atoms with Gasteiger partial charge in [0.05, 0.1) is 21.6 Å². The van der Waals surface area contributed by atoms with Crippen LogP contribution in [-0.2, 0) is 19.1 Å². The van der Waals surface area contributed by atoms with Crippen molar-refractivity contribution in [2.24, 2.45) is 5.92 Å². The van der Waals surface area contributed by atoms with Crippen LogP contribution in [0.15, 0.2) is 48.5 Å². The van der Waals surface area contributed by atoms with Gasteiger partial charge in [-0.05, 0) is 24.3 Å². The monoisotopic (exact) mass is 417 g/mol. The van der Waals surface area contributed by atoms with Crippen LogP contribution in [0.3, 0.4) is 0 Å². The lowest BCUT2D eigenvalue weighted by Crippen LogP contribution is -2.28. The zero-order valence-electron chi connectivity index (χ0n) is 15.0. The lowest BCUT2D eigenvalue weighted by Gasteiger charge is -2.16. The number of para-hydroxylation sites is 1. The molecule has 150 valence electrons. The second-order valence-electron chi connectivity index (χ2n) is 6.31. The van der Waals surface area contributed by atoms with Crippen molar-refractivity contribution in [1.82, 2.24) is 0 Å². The third-order valence-corrected chi connectivity index (χ3v) is 4.65. The van der Waals surface area contributed by atoms with E-state index in [0.29, 0.717) is 16.4 Å². The molecule has 0 saturated carbocycles. The number of amides is 2. The average Bonchev–Trinajstić information content (AvgIpc) is 3.09. The van der Waals surface area contributed by atoms with E-state index in [1.165, 1.54) is 29.2 Å². The van der Waals surface area contributed by atoms with Gasteiger partial charge in [0.2, 0.25) is 5.91 Å². The Morgan fingerprint density at radius 1 is 1.21 bits per heavy atom. The predicted molar refractivity (Wildman–Crippen MR) is 105 cm³/mol. The number of hydrogen-bond acceptors (Lipinski definition) is 6. The number of carbonyl (C=O) groups is 3. The molecule has 1 heterocycles. The van der Waals surface area contributed by atoms with Gasteiger partial charge in [0.1, 0.15) is 0 Å². The summed E-state index contributed by atoms with van der Waals surface area (Å²) in [5, 5.41) is 13.6. The Hall–Kier alpha value is -3.46. The summed E-state index contributed by atoms with van der Waals surface area (Å²) in [5.74, 6) is -2.26. The number of carbonyl (C=O) groups excluding carboxylic acids is 3. The first kappa shape index (κ1) is 20.3. The van der Waals surface area contributed by atoms with Gasteiger partial charge in [0.15, 0.2) is 6.61 Å². The molecule has 0 unspecified atom stereocenters. The predicted octanol–water partition coefficient (Wildman–Crippen LogP) is 2.78. The Kier molecular flexibility index (Phi) is 6.08. The molecule has 0 aromatic heterocycles. The van der Waals surface area contributed by atoms with Crippen LogP contribution in [0.4, 0.5) is 17.1 Å². The molecule has 29 heavy (non-hydrogen) atoms. The number of non-ortho nitro benzene ring substituents is 1. The quantitative estimate of drug-likeness (QED) is 0.438. The number of nitrogens with one attached hydrogen (secondary N) is 1. The van der Waals surface area contributed by atoms with Crippen LogP contribution in [0.5, 0.6) is 0 Å². The molecule has 3 rings (SSSR count). The molecule has 2 amide bonds. The summed E-state index contributed by atoms with van der Waals surface area (Å²) in [6.45, 7) is -0.437. The van der Waals surface area contributed by atoms with Gasteiger partial charge < -0.3 is 15.0 Å². The molecule has 2 aromatic carbocycles. The molecule has 1 atom stereocenters. The number of esters is 1. The molecule has 1 N–H and O–H groups in total. The molecule has 9 nitrogen and oxygen atoms in total. The van der Waals surface area contributed by atoms with Crippen LogP contribution >= 0.6 is 11.6 Å². The minimum Gasteiger partial charge on any atom is -0.455 e. The minimum atomic E-state index is -0.731. The van der Waals surface area contributed by atoms with Crippen molar-refractivity contribution >= 4 is 46.4 Å². The first-order chi connectivity index (χ1) is 13.8. The van der Waals surface area contributed by atoms with Gasteiger partial charge in [0, 0.05) is 30.8 Å². The fraction of sp³-hybridized carbons (Fsp3) is 0.211. The molecule has 0 radical (unpaired) electrons. The highest BCUT2D eigenvalue weighted by Gasteiger charge is 2.36. The fourth-order valence-corrected chi connectivity index (χ4v) is 3.06. The summed E-state index contributed by atoms with van der Waals surface area (Å²) in [6.07, 6.45) is -0.0675. The van der Waals surface area contributed by atoms with Gasteiger partial charge >= 0.3 is 5.97 Å². The first-order valence-corrected chi connectivity index (χ1v) is 8.99.